The van der Waals surface area contributed by atoms with Gasteiger partial charge in [-0.2, -0.15) is 0 Å². The zero-order chi connectivity index (χ0) is 6.85. The molecule has 3 heteroatoms. The number of carbonyl (C=O) groups is 1. The molecule has 0 aromatic rings. The van der Waals surface area contributed by atoms with Gasteiger partial charge in [-0.15, -0.1) is 0 Å². The zero-order valence-corrected chi connectivity index (χ0v) is 5.59. The molecular weight excluding hydrogens is 120 g/mol. The van der Waals surface area contributed by atoms with Gasteiger partial charge in [0.05, 0.1) is 12.7 Å². The van der Waals surface area contributed by atoms with E-state index in [0.29, 0.717) is 6.61 Å². The molecule has 1 saturated heterocycles. The fourth-order valence-electron chi connectivity index (χ4n) is 0.657. The van der Waals surface area contributed by atoms with Crippen LogP contribution in [0.2, 0.25) is 0 Å². The average molecular weight is 130 g/mol. The topological polar surface area (TPSA) is 38.8 Å². The number of epoxide rings is 1. The third kappa shape index (κ3) is 1.42. The van der Waals surface area contributed by atoms with E-state index in [4.69, 9.17) is 4.74 Å². The summed E-state index contributed by atoms with van der Waals surface area (Å²) < 4.78 is 9.53. The molecule has 0 spiro atoms. The SMILES string of the molecule is CCOC(=O)[C@@H]1O[C@H]1C. The minimum Gasteiger partial charge on any atom is -0.464 e. The quantitative estimate of drug-likeness (QED) is 0.399. The number of esters is 1. The van der Waals surface area contributed by atoms with Gasteiger partial charge in [0.2, 0.25) is 0 Å². The van der Waals surface area contributed by atoms with Crippen LogP contribution in [0.3, 0.4) is 0 Å². The molecule has 0 aliphatic carbocycles. The summed E-state index contributed by atoms with van der Waals surface area (Å²) in [6.45, 7) is 4.07. The number of rotatable bonds is 2. The van der Waals surface area contributed by atoms with E-state index in [1.165, 1.54) is 0 Å². The molecule has 0 radical (unpaired) electrons. The minimum absolute atomic E-state index is 0.0732. The van der Waals surface area contributed by atoms with E-state index in [-0.39, 0.29) is 18.2 Å². The lowest BCUT2D eigenvalue weighted by atomic mass is 10.3. The Hall–Kier alpha value is -0.570. The van der Waals surface area contributed by atoms with Crippen LogP contribution in [-0.2, 0) is 14.3 Å². The normalized spacial score (nSPS) is 31.8. The van der Waals surface area contributed by atoms with Gasteiger partial charge >= 0.3 is 5.97 Å². The summed E-state index contributed by atoms with van der Waals surface area (Å²) in [5, 5.41) is 0. The molecule has 1 heterocycles. The molecule has 3 nitrogen and oxygen atoms in total. The molecule has 1 aliphatic rings. The lowest BCUT2D eigenvalue weighted by Crippen LogP contribution is -2.12. The Morgan fingerprint density at radius 1 is 1.78 bits per heavy atom. The number of carbonyl (C=O) groups excluding carboxylic acids is 1. The summed E-state index contributed by atoms with van der Waals surface area (Å²) in [7, 11) is 0. The average Bonchev–Trinajstić information content (AvgIpc) is 2.47. The Kier molecular flexibility index (Phi) is 1.71. The molecule has 0 unspecified atom stereocenters. The number of hydrogen-bond acceptors (Lipinski definition) is 3. The highest BCUT2D eigenvalue weighted by Gasteiger charge is 2.42. The highest BCUT2D eigenvalue weighted by Crippen LogP contribution is 2.21. The van der Waals surface area contributed by atoms with Crippen molar-refractivity contribution in [2.24, 2.45) is 0 Å². The molecule has 2 atom stereocenters. The third-order valence-electron chi connectivity index (χ3n) is 1.23. The van der Waals surface area contributed by atoms with Crippen LogP contribution >= 0.6 is 0 Å². The predicted octanol–water partition coefficient (Wildman–Crippen LogP) is 0.337. The van der Waals surface area contributed by atoms with Crippen molar-refractivity contribution in [3.63, 3.8) is 0 Å². The molecule has 0 aromatic heterocycles. The molecule has 52 valence electrons. The summed E-state index contributed by atoms with van der Waals surface area (Å²) in [4.78, 5) is 10.7. The molecule has 0 saturated carbocycles. The first kappa shape index (κ1) is 6.55. The van der Waals surface area contributed by atoms with E-state index < -0.39 is 0 Å². The first-order valence-corrected chi connectivity index (χ1v) is 3.07. The van der Waals surface area contributed by atoms with E-state index in [1.807, 2.05) is 6.92 Å². The fourth-order valence-corrected chi connectivity index (χ4v) is 0.657. The van der Waals surface area contributed by atoms with E-state index >= 15 is 0 Å². The van der Waals surface area contributed by atoms with Crippen LogP contribution in [0.15, 0.2) is 0 Å². The summed E-state index contributed by atoms with van der Waals surface area (Å²) in [5.41, 5.74) is 0. The Balaban J connectivity index is 2.20. The standard InChI is InChI=1S/C6H10O3/c1-3-8-6(7)5-4(2)9-5/h4-5H,3H2,1-2H3/t4-,5+/m0/s1. The van der Waals surface area contributed by atoms with Crippen molar-refractivity contribution in [2.75, 3.05) is 6.61 Å². The van der Waals surface area contributed by atoms with Gasteiger partial charge in [-0.05, 0) is 13.8 Å². The highest BCUT2D eigenvalue weighted by atomic mass is 16.6. The summed E-state index contributed by atoms with van der Waals surface area (Å²) in [5.74, 6) is -0.231. The van der Waals surface area contributed by atoms with Crippen LogP contribution in [0, 0.1) is 0 Å². The molecule has 0 amide bonds. The van der Waals surface area contributed by atoms with E-state index in [2.05, 4.69) is 4.74 Å². The Morgan fingerprint density at radius 3 is 2.67 bits per heavy atom. The van der Waals surface area contributed by atoms with Crippen molar-refractivity contribution in [1.29, 1.82) is 0 Å². The summed E-state index contributed by atoms with van der Waals surface area (Å²) in [6.07, 6.45) is -0.200. The van der Waals surface area contributed by atoms with Gasteiger partial charge in [-0.1, -0.05) is 0 Å². The summed E-state index contributed by atoms with van der Waals surface area (Å²) in [6, 6.07) is 0. The van der Waals surface area contributed by atoms with Crippen molar-refractivity contribution in [3.05, 3.63) is 0 Å². The third-order valence-corrected chi connectivity index (χ3v) is 1.23. The number of hydrogen-bond donors (Lipinski definition) is 0. The number of ether oxygens (including phenoxy) is 2. The lowest BCUT2D eigenvalue weighted by Gasteiger charge is -1.94. The first-order chi connectivity index (χ1) is 4.25. The van der Waals surface area contributed by atoms with Crippen LogP contribution in [0.4, 0.5) is 0 Å². The van der Waals surface area contributed by atoms with Crippen molar-refractivity contribution < 1.29 is 14.3 Å². The van der Waals surface area contributed by atoms with E-state index in [1.54, 1.807) is 6.92 Å². The van der Waals surface area contributed by atoms with Crippen molar-refractivity contribution in [1.82, 2.24) is 0 Å². The van der Waals surface area contributed by atoms with Crippen molar-refractivity contribution in [3.8, 4) is 0 Å². The fraction of sp³-hybridized carbons (Fsp3) is 0.833. The molecule has 1 aliphatic heterocycles. The molecular formula is C6H10O3. The Morgan fingerprint density at radius 2 is 2.33 bits per heavy atom. The van der Waals surface area contributed by atoms with E-state index in [0.717, 1.165) is 0 Å². The first-order valence-electron chi connectivity index (χ1n) is 3.07. The van der Waals surface area contributed by atoms with Gasteiger partial charge < -0.3 is 9.47 Å². The minimum atomic E-state index is -0.273. The highest BCUT2D eigenvalue weighted by molar-refractivity contribution is 5.77. The molecule has 9 heavy (non-hydrogen) atoms. The second-order valence-electron chi connectivity index (χ2n) is 2.01. The van der Waals surface area contributed by atoms with Crippen LogP contribution in [-0.4, -0.2) is 24.8 Å². The molecule has 1 rings (SSSR count). The molecule has 0 bridgehead atoms. The zero-order valence-electron chi connectivity index (χ0n) is 5.59. The second kappa shape index (κ2) is 2.35. The monoisotopic (exact) mass is 130 g/mol. The largest absolute Gasteiger partial charge is 0.464 e. The second-order valence-corrected chi connectivity index (χ2v) is 2.01. The van der Waals surface area contributed by atoms with Crippen LogP contribution in [0.5, 0.6) is 0 Å². The molecule has 1 fully saturated rings. The maximum absolute atomic E-state index is 10.7. The lowest BCUT2D eigenvalue weighted by molar-refractivity contribution is -0.144. The van der Waals surface area contributed by atoms with Crippen LogP contribution in [0.1, 0.15) is 13.8 Å². The van der Waals surface area contributed by atoms with Crippen LogP contribution in [0.25, 0.3) is 0 Å². The Labute approximate surface area is 53.9 Å². The van der Waals surface area contributed by atoms with Gasteiger partial charge in [-0.3, -0.25) is 0 Å². The van der Waals surface area contributed by atoms with Crippen LogP contribution < -0.4 is 0 Å². The molecule has 0 aromatic carbocycles. The van der Waals surface area contributed by atoms with Gasteiger partial charge in [0.15, 0.2) is 6.10 Å². The maximum Gasteiger partial charge on any atom is 0.337 e. The van der Waals surface area contributed by atoms with Gasteiger partial charge in [0.25, 0.3) is 0 Å². The van der Waals surface area contributed by atoms with E-state index in [9.17, 15) is 4.79 Å². The Bertz CT molecular complexity index is 121. The van der Waals surface area contributed by atoms with Gasteiger partial charge in [-0.25, -0.2) is 4.79 Å². The van der Waals surface area contributed by atoms with Crippen molar-refractivity contribution in [2.45, 2.75) is 26.1 Å². The summed E-state index contributed by atoms with van der Waals surface area (Å²) >= 11 is 0. The predicted molar refractivity (Wildman–Crippen MR) is 31.0 cm³/mol. The smallest absolute Gasteiger partial charge is 0.337 e. The molecule has 0 N–H and O–H groups in total. The van der Waals surface area contributed by atoms with Gasteiger partial charge in [0, 0.05) is 0 Å². The van der Waals surface area contributed by atoms with Gasteiger partial charge in [0.1, 0.15) is 0 Å². The van der Waals surface area contributed by atoms with Crippen molar-refractivity contribution >= 4 is 5.97 Å². The maximum atomic E-state index is 10.7.